The van der Waals surface area contributed by atoms with E-state index < -0.39 is 0 Å². The van der Waals surface area contributed by atoms with Gasteiger partial charge in [-0.2, -0.15) is 0 Å². The number of nitrogens with one attached hydrogen (secondary N) is 1. The maximum atomic E-state index is 4.15. The second kappa shape index (κ2) is 6.93. The lowest BCUT2D eigenvalue weighted by Crippen LogP contribution is -1.92. The molecule has 0 atom stereocenters. The summed E-state index contributed by atoms with van der Waals surface area (Å²) in [6.07, 6.45) is 6.67. The molecular weight excluding hydrogens is 280 g/mol. The van der Waals surface area contributed by atoms with Crippen LogP contribution in [0.2, 0.25) is 0 Å². The van der Waals surface area contributed by atoms with E-state index in [1.54, 1.807) is 0 Å². The molecule has 0 unspecified atom stereocenters. The Labute approximate surface area is 137 Å². The summed E-state index contributed by atoms with van der Waals surface area (Å²) in [5.74, 6) is 1.07. The Morgan fingerprint density at radius 3 is 2.13 bits per heavy atom. The highest BCUT2D eigenvalue weighted by Crippen LogP contribution is 2.21. The van der Waals surface area contributed by atoms with E-state index in [4.69, 9.17) is 0 Å². The van der Waals surface area contributed by atoms with Crippen LogP contribution in [0.4, 0.5) is 5.82 Å². The molecule has 0 saturated carbocycles. The summed E-state index contributed by atoms with van der Waals surface area (Å²) >= 11 is 0. The molecule has 114 valence electrons. The van der Waals surface area contributed by atoms with Gasteiger partial charge in [0, 0.05) is 12.7 Å². The fourth-order valence-electron chi connectivity index (χ4n) is 2.74. The van der Waals surface area contributed by atoms with Gasteiger partial charge in [0.15, 0.2) is 0 Å². The van der Waals surface area contributed by atoms with Crippen molar-refractivity contribution in [2.24, 2.45) is 0 Å². The third kappa shape index (κ3) is 3.32. The Morgan fingerprint density at radius 2 is 1.57 bits per heavy atom. The summed E-state index contributed by atoms with van der Waals surface area (Å²) in [5, 5.41) is 5.68. The van der Waals surface area contributed by atoms with Crippen molar-refractivity contribution in [3.8, 4) is 0 Å². The van der Waals surface area contributed by atoms with Gasteiger partial charge in [0.1, 0.15) is 5.82 Å². The van der Waals surface area contributed by atoms with E-state index in [0.29, 0.717) is 0 Å². The van der Waals surface area contributed by atoms with E-state index in [9.17, 15) is 0 Å². The molecule has 1 aliphatic rings. The van der Waals surface area contributed by atoms with E-state index >= 15 is 0 Å². The minimum absolute atomic E-state index is 1.05. The van der Waals surface area contributed by atoms with Crippen LogP contribution in [-0.2, 0) is 6.42 Å². The van der Waals surface area contributed by atoms with Crippen LogP contribution < -0.4 is 5.32 Å². The van der Waals surface area contributed by atoms with Gasteiger partial charge in [-0.1, -0.05) is 55.6 Å². The first-order valence-electron chi connectivity index (χ1n) is 7.77. The summed E-state index contributed by atoms with van der Waals surface area (Å²) in [5.41, 5.74) is 3.62. The molecule has 0 fully saturated rings. The lowest BCUT2D eigenvalue weighted by Gasteiger charge is -2.04. The second-order valence-electron chi connectivity index (χ2n) is 5.42. The van der Waals surface area contributed by atoms with Gasteiger partial charge in [-0.3, -0.25) is 0 Å². The molecule has 0 spiro atoms. The van der Waals surface area contributed by atoms with E-state index in [-0.39, 0.29) is 0 Å². The molecule has 2 nitrogen and oxygen atoms in total. The standard InChI is InChI=1S/C14H12.C7H8N2/c1-3-11-9-13-7-5-6-8-14(13)10-12(11)4-2;1-2-6-3-5-9-7(6)8-4-1/h3-10H,1-2H2;1-2,4H,3,5H2,(H,8,9). The quantitative estimate of drug-likeness (QED) is 0.705. The zero-order chi connectivity index (χ0) is 16.1. The molecule has 0 radical (unpaired) electrons. The molecule has 2 aromatic carbocycles. The van der Waals surface area contributed by atoms with Crippen LogP contribution in [0.5, 0.6) is 0 Å². The first-order valence-corrected chi connectivity index (χ1v) is 7.77. The van der Waals surface area contributed by atoms with Crippen LogP contribution in [-0.4, -0.2) is 11.5 Å². The molecule has 1 aliphatic heterocycles. The first-order chi connectivity index (χ1) is 11.3. The summed E-state index contributed by atoms with van der Waals surface area (Å²) in [7, 11) is 0. The van der Waals surface area contributed by atoms with Crippen molar-refractivity contribution in [1.82, 2.24) is 4.98 Å². The monoisotopic (exact) mass is 300 g/mol. The Kier molecular flexibility index (Phi) is 4.53. The third-order valence-electron chi connectivity index (χ3n) is 3.97. The average molecular weight is 300 g/mol. The number of hydrogen-bond acceptors (Lipinski definition) is 2. The zero-order valence-corrected chi connectivity index (χ0v) is 13.1. The molecule has 0 bridgehead atoms. The topological polar surface area (TPSA) is 24.9 Å². The Hall–Kier alpha value is -2.87. The first kappa shape index (κ1) is 15.0. The third-order valence-corrected chi connectivity index (χ3v) is 3.97. The lowest BCUT2D eigenvalue weighted by atomic mass is 10.0. The van der Waals surface area contributed by atoms with Gasteiger partial charge in [0.05, 0.1) is 0 Å². The number of pyridine rings is 1. The predicted octanol–water partition coefficient (Wildman–Crippen LogP) is 5.18. The molecule has 1 aromatic heterocycles. The van der Waals surface area contributed by atoms with Crippen molar-refractivity contribution in [2.45, 2.75) is 6.42 Å². The van der Waals surface area contributed by atoms with Gasteiger partial charge >= 0.3 is 0 Å². The average Bonchev–Trinajstić information content (AvgIpc) is 3.09. The number of aromatic nitrogens is 1. The Bertz CT molecular complexity index is 780. The molecule has 0 aliphatic carbocycles. The highest BCUT2D eigenvalue weighted by molar-refractivity contribution is 5.88. The van der Waals surface area contributed by atoms with Crippen LogP contribution in [0, 0.1) is 0 Å². The molecule has 3 aromatic rings. The summed E-state index contributed by atoms with van der Waals surface area (Å²) in [6, 6.07) is 16.7. The summed E-state index contributed by atoms with van der Waals surface area (Å²) in [6.45, 7) is 8.65. The van der Waals surface area contributed by atoms with Crippen molar-refractivity contribution >= 4 is 28.7 Å². The van der Waals surface area contributed by atoms with Crippen molar-refractivity contribution in [2.75, 3.05) is 11.9 Å². The van der Waals surface area contributed by atoms with Crippen molar-refractivity contribution in [3.05, 3.63) is 84.6 Å². The highest BCUT2D eigenvalue weighted by Gasteiger charge is 2.07. The van der Waals surface area contributed by atoms with Crippen LogP contribution in [0.15, 0.2) is 67.9 Å². The SMILES string of the molecule is C=Cc1cc2ccccc2cc1C=C.c1cnc2c(c1)CCN2. The maximum Gasteiger partial charge on any atom is 0.129 e. The fraction of sp³-hybridized carbons (Fsp3) is 0.0952. The normalized spacial score (nSPS) is 11.8. The van der Waals surface area contributed by atoms with Gasteiger partial charge < -0.3 is 5.32 Å². The summed E-state index contributed by atoms with van der Waals surface area (Å²) in [4.78, 5) is 4.15. The molecule has 0 amide bonds. The van der Waals surface area contributed by atoms with Crippen LogP contribution >= 0.6 is 0 Å². The van der Waals surface area contributed by atoms with Gasteiger partial charge in [-0.25, -0.2) is 4.98 Å². The van der Waals surface area contributed by atoms with Gasteiger partial charge in [0.2, 0.25) is 0 Å². The number of anilines is 1. The molecule has 1 N–H and O–H groups in total. The Morgan fingerprint density at radius 1 is 0.913 bits per heavy atom. The minimum Gasteiger partial charge on any atom is -0.370 e. The van der Waals surface area contributed by atoms with Crippen molar-refractivity contribution < 1.29 is 0 Å². The number of rotatable bonds is 2. The number of hydrogen-bond donors (Lipinski definition) is 1. The highest BCUT2D eigenvalue weighted by atomic mass is 15.0. The minimum atomic E-state index is 1.05. The number of nitrogens with zero attached hydrogens (tertiary/aromatic N) is 1. The smallest absolute Gasteiger partial charge is 0.129 e. The van der Waals surface area contributed by atoms with E-state index in [0.717, 1.165) is 29.9 Å². The lowest BCUT2D eigenvalue weighted by molar-refractivity contribution is 1.11. The van der Waals surface area contributed by atoms with Crippen LogP contribution in [0.25, 0.3) is 22.9 Å². The molecule has 2 heterocycles. The van der Waals surface area contributed by atoms with Gasteiger partial charge in [-0.05, 0) is 52.1 Å². The molecular formula is C21H20N2. The van der Waals surface area contributed by atoms with E-state index in [2.05, 4.69) is 53.8 Å². The maximum absolute atomic E-state index is 4.15. The number of benzene rings is 2. The fourth-order valence-corrected chi connectivity index (χ4v) is 2.74. The molecule has 4 rings (SSSR count). The zero-order valence-electron chi connectivity index (χ0n) is 13.1. The molecule has 23 heavy (non-hydrogen) atoms. The van der Waals surface area contributed by atoms with Crippen LogP contribution in [0.1, 0.15) is 16.7 Å². The van der Waals surface area contributed by atoms with Gasteiger partial charge in [0.25, 0.3) is 0 Å². The molecule has 2 heteroatoms. The number of fused-ring (bicyclic) bond motifs is 2. The van der Waals surface area contributed by atoms with E-state index in [1.165, 1.54) is 16.3 Å². The van der Waals surface area contributed by atoms with Crippen molar-refractivity contribution in [3.63, 3.8) is 0 Å². The summed E-state index contributed by atoms with van der Waals surface area (Å²) < 4.78 is 0. The van der Waals surface area contributed by atoms with Crippen LogP contribution in [0.3, 0.4) is 0 Å². The second-order valence-corrected chi connectivity index (χ2v) is 5.42. The van der Waals surface area contributed by atoms with Crippen molar-refractivity contribution in [1.29, 1.82) is 0 Å². The van der Waals surface area contributed by atoms with E-state index in [1.807, 2.05) is 36.5 Å². The van der Waals surface area contributed by atoms with Gasteiger partial charge in [-0.15, -0.1) is 0 Å². The molecule has 0 saturated heterocycles. The largest absolute Gasteiger partial charge is 0.370 e. The Balaban J connectivity index is 0.000000149. The predicted molar refractivity (Wildman–Crippen MR) is 101 cm³/mol.